The smallest absolute Gasteiger partial charge is 0.119 e. The summed E-state index contributed by atoms with van der Waals surface area (Å²) < 4.78 is 15.8. The summed E-state index contributed by atoms with van der Waals surface area (Å²) in [6.07, 6.45) is 0.920. The Kier molecular flexibility index (Phi) is 6.43. The van der Waals surface area contributed by atoms with E-state index in [0.717, 1.165) is 17.9 Å². The first kappa shape index (κ1) is 13.8. The van der Waals surface area contributed by atoms with Crippen molar-refractivity contribution in [2.24, 2.45) is 11.7 Å². The molecule has 0 bridgehead atoms. The highest BCUT2D eigenvalue weighted by Gasteiger charge is 2.07. The predicted molar refractivity (Wildman–Crippen MR) is 67.5 cm³/mol. The molecule has 1 aromatic rings. The molecular weight excluding hydrogens is 218 g/mol. The molecule has 1 rings (SSSR count). The van der Waals surface area contributed by atoms with Gasteiger partial charge in [0.25, 0.3) is 0 Å². The zero-order valence-corrected chi connectivity index (χ0v) is 10.5. The molecule has 0 amide bonds. The van der Waals surface area contributed by atoms with Gasteiger partial charge in [0.15, 0.2) is 0 Å². The van der Waals surface area contributed by atoms with E-state index in [9.17, 15) is 0 Å². The fraction of sp³-hybridized carbons (Fsp3) is 0.538. The van der Waals surface area contributed by atoms with Gasteiger partial charge in [-0.1, -0.05) is 0 Å². The number of nitrogens with two attached hydrogens (primary N) is 1. The quantitative estimate of drug-likeness (QED) is 0.750. The van der Waals surface area contributed by atoms with Crippen LogP contribution in [0.1, 0.15) is 6.42 Å². The summed E-state index contributed by atoms with van der Waals surface area (Å²) in [5.74, 6) is 1.99. The van der Waals surface area contributed by atoms with Crippen molar-refractivity contribution in [3.63, 3.8) is 0 Å². The topological polar surface area (TPSA) is 53.7 Å². The molecule has 1 aromatic carbocycles. The van der Waals surface area contributed by atoms with Crippen LogP contribution in [0.25, 0.3) is 0 Å². The van der Waals surface area contributed by atoms with Crippen LogP contribution in [0.4, 0.5) is 0 Å². The lowest BCUT2D eigenvalue weighted by Crippen LogP contribution is -2.22. The van der Waals surface area contributed by atoms with E-state index in [-0.39, 0.29) is 0 Å². The van der Waals surface area contributed by atoms with E-state index in [0.29, 0.717) is 25.7 Å². The largest absolute Gasteiger partial charge is 0.497 e. The van der Waals surface area contributed by atoms with E-state index in [1.165, 1.54) is 0 Å². The molecule has 1 atom stereocenters. The average molecular weight is 239 g/mol. The van der Waals surface area contributed by atoms with Crippen LogP contribution in [-0.2, 0) is 4.74 Å². The SMILES string of the molecule is COCCC(CN)COc1ccc(OC)cc1. The van der Waals surface area contributed by atoms with Gasteiger partial charge in [0.05, 0.1) is 13.7 Å². The average Bonchev–Trinajstić information content (AvgIpc) is 2.39. The number of ether oxygens (including phenoxy) is 3. The molecule has 0 aliphatic rings. The predicted octanol–water partition coefficient (Wildman–Crippen LogP) is 1.69. The monoisotopic (exact) mass is 239 g/mol. The van der Waals surface area contributed by atoms with Crippen LogP contribution < -0.4 is 15.2 Å². The number of rotatable bonds is 8. The van der Waals surface area contributed by atoms with Crippen molar-refractivity contribution in [2.75, 3.05) is 34.0 Å². The third-order valence-corrected chi connectivity index (χ3v) is 2.61. The zero-order valence-electron chi connectivity index (χ0n) is 10.5. The number of hydrogen-bond acceptors (Lipinski definition) is 4. The van der Waals surface area contributed by atoms with Crippen LogP contribution in [-0.4, -0.2) is 34.0 Å². The summed E-state index contributed by atoms with van der Waals surface area (Å²) in [4.78, 5) is 0. The Labute approximate surface area is 103 Å². The fourth-order valence-corrected chi connectivity index (χ4v) is 1.44. The van der Waals surface area contributed by atoms with Crippen molar-refractivity contribution in [1.29, 1.82) is 0 Å². The first-order chi connectivity index (χ1) is 8.30. The van der Waals surface area contributed by atoms with Crippen molar-refractivity contribution in [2.45, 2.75) is 6.42 Å². The van der Waals surface area contributed by atoms with Gasteiger partial charge < -0.3 is 19.9 Å². The minimum atomic E-state index is 0.331. The fourth-order valence-electron chi connectivity index (χ4n) is 1.44. The molecule has 17 heavy (non-hydrogen) atoms. The summed E-state index contributed by atoms with van der Waals surface area (Å²) in [5.41, 5.74) is 5.67. The van der Waals surface area contributed by atoms with E-state index >= 15 is 0 Å². The summed E-state index contributed by atoms with van der Waals surface area (Å²) in [7, 11) is 3.34. The lowest BCUT2D eigenvalue weighted by atomic mass is 10.1. The maximum Gasteiger partial charge on any atom is 0.119 e. The van der Waals surface area contributed by atoms with Crippen molar-refractivity contribution >= 4 is 0 Å². The molecule has 96 valence electrons. The van der Waals surface area contributed by atoms with Crippen LogP contribution in [0.2, 0.25) is 0 Å². The Bertz CT molecular complexity index is 300. The minimum absolute atomic E-state index is 0.331. The molecule has 2 N–H and O–H groups in total. The third kappa shape index (κ3) is 5.06. The number of benzene rings is 1. The molecule has 0 spiro atoms. The Morgan fingerprint density at radius 1 is 1.12 bits per heavy atom. The molecule has 0 heterocycles. The Balaban J connectivity index is 2.36. The molecule has 4 nitrogen and oxygen atoms in total. The molecule has 0 radical (unpaired) electrons. The van der Waals surface area contributed by atoms with Gasteiger partial charge in [-0.05, 0) is 37.2 Å². The molecule has 0 saturated heterocycles. The van der Waals surface area contributed by atoms with Gasteiger partial charge in [-0.25, -0.2) is 0 Å². The van der Waals surface area contributed by atoms with Gasteiger partial charge >= 0.3 is 0 Å². The summed E-state index contributed by atoms with van der Waals surface area (Å²) in [6, 6.07) is 7.54. The minimum Gasteiger partial charge on any atom is -0.497 e. The lowest BCUT2D eigenvalue weighted by Gasteiger charge is -2.15. The standard InChI is InChI=1S/C13H21NO3/c1-15-8-7-11(9-14)10-17-13-5-3-12(16-2)4-6-13/h3-6,11H,7-10,14H2,1-2H3. The highest BCUT2D eigenvalue weighted by atomic mass is 16.5. The van der Waals surface area contributed by atoms with Crippen molar-refractivity contribution in [3.05, 3.63) is 24.3 Å². The van der Waals surface area contributed by atoms with E-state index < -0.39 is 0 Å². The molecule has 4 heteroatoms. The molecule has 0 aliphatic carbocycles. The second-order valence-corrected chi connectivity index (χ2v) is 3.87. The lowest BCUT2D eigenvalue weighted by molar-refractivity contribution is 0.157. The van der Waals surface area contributed by atoms with Crippen molar-refractivity contribution < 1.29 is 14.2 Å². The molecule has 0 aliphatic heterocycles. The first-order valence-corrected chi connectivity index (χ1v) is 5.76. The van der Waals surface area contributed by atoms with E-state index in [1.807, 2.05) is 24.3 Å². The van der Waals surface area contributed by atoms with E-state index in [2.05, 4.69) is 0 Å². The molecular formula is C13H21NO3. The van der Waals surface area contributed by atoms with Gasteiger partial charge in [-0.2, -0.15) is 0 Å². The van der Waals surface area contributed by atoms with Crippen molar-refractivity contribution in [1.82, 2.24) is 0 Å². The van der Waals surface area contributed by atoms with Crippen LogP contribution in [0.15, 0.2) is 24.3 Å². The van der Waals surface area contributed by atoms with Crippen LogP contribution >= 0.6 is 0 Å². The second-order valence-electron chi connectivity index (χ2n) is 3.87. The molecule has 0 fully saturated rings. The number of hydrogen-bond donors (Lipinski definition) is 1. The zero-order chi connectivity index (χ0) is 12.5. The summed E-state index contributed by atoms with van der Waals surface area (Å²) in [5, 5.41) is 0. The van der Waals surface area contributed by atoms with Gasteiger partial charge in [0.1, 0.15) is 11.5 Å². The molecule has 0 saturated carbocycles. The molecule has 0 aromatic heterocycles. The molecule has 1 unspecified atom stereocenters. The van der Waals surface area contributed by atoms with Gasteiger partial charge in [-0.15, -0.1) is 0 Å². The third-order valence-electron chi connectivity index (χ3n) is 2.61. The summed E-state index contributed by atoms with van der Waals surface area (Å²) in [6.45, 7) is 1.94. The Morgan fingerprint density at radius 3 is 2.29 bits per heavy atom. The van der Waals surface area contributed by atoms with Crippen LogP contribution in [0.5, 0.6) is 11.5 Å². The van der Waals surface area contributed by atoms with Crippen LogP contribution in [0, 0.1) is 5.92 Å². The van der Waals surface area contributed by atoms with E-state index in [1.54, 1.807) is 14.2 Å². The second kappa shape index (κ2) is 7.92. The van der Waals surface area contributed by atoms with Gasteiger partial charge in [-0.3, -0.25) is 0 Å². The van der Waals surface area contributed by atoms with Crippen molar-refractivity contribution in [3.8, 4) is 11.5 Å². The first-order valence-electron chi connectivity index (χ1n) is 5.76. The van der Waals surface area contributed by atoms with E-state index in [4.69, 9.17) is 19.9 Å². The number of methoxy groups -OCH3 is 2. The summed E-state index contributed by atoms with van der Waals surface area (Å²) >= 11 is 0. The Morgan fingerprint density at radius 2 is 1.76 bits per heavy atom. The van der Waals surface area contributed by atoms with Gasteiger partial charge in [0.2, 0.25) is 0 Å². The maximum atomic E-state index is 5.67. The maximum absolute atomic E-state index is 5.67. The highest BCUT2D eigenvalue weighted by Crippen LogP contribution is 2.17. The van der Waals surface area contributed by atoms with Gasteiger partial charge in [0, 0.05) is 19.6 Å². The Hall–Kier alpha value is -1.26. The highest BCUT2D eigenvalue weighted by molar-refractivity contribution is 5.31. The van der Waals surface area contributed by atoms with Crippen LogP contribution in [0.3, 0.4) is 0 Å². The normalized spacial score (nSPS) is 12.2.